The number of hydrogen-bond donors (Lipinski definition) is 1. The van der Waals surface area contributed by atoms with Crippen LogP contribution in [0.5, 0.6) is 11.5 Å². The van der Waals surface area contributed by atoms with Crippen molar-refractivity contribution in [1.82, 2.24) is 25.0 Å². The molecule has 10 nitrogen and oxygen atoms in total. The molecule has 5 rings (SSSR count). The van der Waals surface area contributed by atoms with E-state index in [9.17, 15) is 9.59 Å². The number of nitrogens with zero attached hydrogens (tertiary/aromatic N) is 4. The normalized spacial score (nSPS) is 12.7. The molecule has 1 aliphatic heterocycles. The van der Waals surface area contributed by atoms with Gasteiger partial charge in [0.1, 0.15) is 19.0 Å². The lowest BCUT2D eigenvalue weighted by atomic mass is 10.1. The summed E-state index contributed by atoms with van der Waals surface area (Å²) < 4.78 is 18.4. The van der Waals surface area contributed by atoms with Crippen LogP contribution in [-0.4, -0.2) is 58.3 Å². The molecule has 1 N–H and O–H groups in total. The highest BCUT2D eigenvalue weighted by Crippen LogP contribution is 2.35. The third kappa shape index (κ3) is 4.61. The summed E-state index contributed by atoms with van der Waals surface area (Å²) in [6, 6.07) is 10.9. The Morgan fingerprint density at radius 2 is 1.94 bits per heavy atom. The van der Waals surface area contributed by atoms with Gasteiger partial charge in [0.25, 0.3) is 5.91 Å². The first-order valence-corrected chi connectivity index (χ1v) is 11.7. The highest BCUT2D eigenvalue weighted by Gasteiger charge is 2.23. The average Bonchev–Trinajstić information content (AvgIpc) is 3.56. The fourth-order valence-corrected chi connectivity index (χ4v) is 4.07. The minimum atomic E-state index is -0.308. The van der Waals surface area contributed by atoms with Crippen LogP contribution < -0.4 is 14.8 Å². The van der Waals surface area contributed by atoms with E-state index in [4.69, 9.17) is 18.9 Å². The summed E-state index contributed by atoms with van der Waals surface area (Å²) in [5, 5.41) is 7.86. The predicted octanol–water partition coefficient (Wildman–Crippen LogP) is 3.43. The van der Waals surface area contributed by atoms with Gasteiger partial charge in [0.2, 0.25) is 5.91 Å². The van der Waals surface area contributed by atoms with Crippen LogP contribution in [0.25, 0.3) is 22.3 Å². The lowest BCUT2D eigenvalue weighted by molar-refractivity contribution is -0.121. The van der Waals surface area contributed by atoms with Gasteiger partial charge in [0.05, 0.1) is 42.2 Å². The third-order valence-corrected chi connectivity index (χ3v) is 5.89. The smallest absolute Gasteiger partial charge is 0.254 e. The molecular weight excluding hydrogens is 462 g/mol. The summed E-state index contributed by atoms with van der Waals surface area (Å²) in [7, 11) is 1.59. The second kappa shape index (κ2) is 9.73. The van der Waals surface area contributed by atoms with Crippen LogP contribution >= 0.6 is 0 Å². The van der Waals surface area contributed by atoms with Crippen LogP contribution in [0, 0.1) is 0 Å². The number of nitrogens with one attached hydrogen (secondary N) is 1. The van der Waals surface area contributed by atoms with Gasteiger partial charge in [0.15, 0.2) is 17.1 Å². The van der Waals surface area contributed by atoms with E-state index >= 15 is 0 Å². The highest BCUT2D eigenvalue weighted by atomic mass is 16.6. The van der Waals surface area contributed by atoms with Gasteiger partial charge in [-0.15, -0.1) is 0 Å². The summed E-state index contributed by atoms with van der Waals surface area (Å²) >= 11 is 0. The van der Waals surface area contributed by atoms with Gasteiger partial charge in [-0.05, 0) is 50.2 Å². The Labute approximate surface area is 207 Å². The number of carbonyl (C=O) groups is 2. The number of furan rings is 1. The average molecular weight is 490 g/mol. The zero-order valence-electron chi connectivity index (χ0n) is 20.4. The van der Waals surface area contributed by atoms with Crippen molar-refractivity contribution in [3.05, 3.63) is 60.2 Å². The largest absolute Gasteiger partial charge is 0.486 e. The molecule has 0 spiro atoms. The van der Waals surface area contributed by atoms with E-state index in [-0.39, 0.29) is 30.9 Å². The molecule has 0 bridgehead atoms. The Balaban J connectivity index is 1.46. The predicted molar refractivity (Wildman–Crippen MR) is 132 cm³/mol. The molecule has 3 aromatic heterocycles. The van der Waals surface area contributed by atoms with E-state index < -0.39 is 0 Å². The second-order valence-electron chi connectivity index (χ2n) is 8.85. The number of amides is 2. The fraction of sp³-hybridized carbons (Fsp3) is 0.308. The van der Waals surface area contributed by atoms with Gasteiger partial charge < -0.3 is 24.1 Å². The molecule has 1 aliphatic rings. The van der Waals surface area contributed by atoms with E-state index in [0.717, 1.165) is 5.56 Å². The number of benzene rings is 1. The SMILES string of the molecule is CC(C)n1ncc2c(C(=O)N(C)CC(=O)NCc3ccco3)cc(-c3ccc4c(c3)OCCO4)nc21. The third-order valence-electron chi connectivity index (χ3n) is 5.89. The van der Waals surface area contributed by atoms with Gasteiger partial charge in [0, 0.05) is 18.7 Å². The van der Waals surface area contributed by atoms with Crippen LogP contribution in [0.1, 0.15) is 36.0 Å². The molecule has 4 heterocycles. The van der Waals surface area contributed by atoms with Crippen LogP contribution in [0.4, 0.5) is 0 Å². The minimum Gasteiger partial charge on any atom is -0.486 e. The van der Waals surface area contributed by atoms with E-state index in [0.29, 0.717) is 52.8 Å². The molecular formula is C26H27N5O5. The maximum atomic E-state index is 13.5. The van der Waals surface area contributed by atoms with E-state index in [1.165, 1.54) is 4.90 Å². The molecule has 1 aromatic carbocycles. The van der Waals surface area contributed by atoms with Gasteiger partial charge in [-0.2, -0.15) is 5.10 Å². The zero-order chi connectivity index (χ0) is 25.2. The first-order chi connectivity index (χ1) is 17.4. The molecule has 0 unspecified atom stereocenters. The Morgan fingerprint density at radius 1 is 1.14 bits per heavy atom. The van der Waals surface area contributed by atoms with Crippen molar-refractivity contribution in [2.75, 3.05) is 26.8 Å². The van der Waals surface area contributed by atoms with Crippen LogP contribution in [0.2, 0.25) is 0 Å². The number of hydrogen-bond acceptors (Lipinski definition) is 7. The number of fused-ring (bicyclic) bond motifs is 2. The molecule has 0 saturated heterocycles. The monoisotopic (exact) mass is 489 g/mol. The van der Waals surface area contributed by atoms with Gasteiger partial charge in [-0.25, -0.2) is 9.67 Å². The molecule has 186 valence electrons. The summed E-state index contributed by atoms with van der Waals surface area (Å²) in [6.07, 6.45) is 3.19. The van der Waals surface area contributed by atoms with Crippen LogP contribution in [0.15, 0.2) is 53.3 Å². The summed E-state index contributed by atoms with van der Waals surface area (Å²) in [4.78, 5) is 32.2. The number of aromatic nitrogens is 3. The molecule has 0 aliphatic carbocycles. The van der Waals surface area contributed by atoms with Gasteiger partial charge >= 0.3 is 0 Å². The molecule has 10 heteroatoms. The molecule has 2 amide bonds. The van der Waals surface area contributed by atoms with Crippen molar-refractivity contribution >= 4 is 22.8 Å². The Hall–Kier alpha value is -4.34. The Morgan fingerprint density at radius 3 is 2.69 bits per heavy atom. The summed E-state index contributed by atoms with van der Waals surface area (Å²) in [5.74, 6) is 1.35. The molecule has 0 atom stereocenters. The van der Waals surface area contributed by atoms with Crippen molar-refractivity contribution in [2.45, 2.75) is 26.4 Å². The summed E-state index contributed by atoms with van der Waals surface area (Å²) in [6.45, 7) is 5.12. The lowest BCUT2D eigenvalue weighted by Crippen LogP contribution is -2.38. The highest BCUT2D eigenvalue weighted by molar-refractivity contribution is 6.07. The van der Waals surface area contributed by atoms with Crippen molar-refractivity contribution in [3.63, 3.8) is 0 Å². The summed E-state index contributed by atoms with van der Waals surface area (Å²) in [5.41, 5.74) is 2.39. The molecule has 4 aromatic rings. The van der Waals surface area contributed by atoms with Crippen molar-refractivity contribution in [2.24, 2.45) is 0 Å². The minimum absolute atomic E-state index is 0.0403. The topological polar surface area (TPSA) is 112 Å². The number of ether oxygens (including phenoxy) is 2. The quantitative estimate of drug-likeness (QED) is 0.423. The van der Waals surface area contributed by atoms with Gasteiger partial charge in [-0.3, -0.25) is 9.59 Å². The van der Waals surface area contributed by atoms with Crippen molar-refractivity contribution in [3.8, 4) is 22.8 Å². The van der Waals surface area contributed by atoms with E-state index in [1.54, 1.807) is 42.4 Å². The Kier molecular flexibility index (Phi) is 6.32. The lowest BCUT2D eigenvalue weighted by Gasteiger charge is -2.20. The first-order valence-electron chi connectivity index (χ1n) is 11.7. The van der Waals surface area contributed by atoms with Crippen molar-refractivity contribution < 1.29 is 23.5 Å². The molecule has 0 fully saturated rings. The number of likely N-dealkylation sites (N-methyl/N-ethyl adjacent to an activating group) is 1. The number of pyridine rings is 1. The van der Waals surface area contributed by atoms with Gasteiger partial charge in [-0.1, -0.05) is 0 Å². The van der Waals surface area contributed by atoms with E-state index in [2.05, 4.69) is 10.4 Å². The van der Waals surface area contributed by atoms with Crippen LogP contribution in [0.3, 0.4) is 0 Å². The van der Waals surface area contributed by atoms with E-state index in [1.807, 2.05) is 32.0 Å². The second-order valence-corrected chi connectivity index (χ2v) is 8.85. The first kappa shape index (κ1) is 23.4. The fourth-order valence-electron chi connectivity index (χ4n) is 4.07. The van der Waals surface area contributed by atoms with Crippen molar-refractivity contribution in [1.29, 1.82) is 0 Å². The number of rotatable bonds is 7. The molecule has 0 saturated carbocycles. The van der Waals surface area contributed by atoms with Crippen LogP contribution in [-0.2, 0) is 11.3 Å². The maximum Gasteiger partial charge on any atom is 0.254 e. The number of carbonyl (C=O) groups excluding carboxylic acids is 2. The molecule has 36 heavy (non-hydrogen) atoms. The Bertz CT molecular complexity index is 1410. The maximum absolute atomic E-state index is 13.5. The standard InChI is InChI=1S/C26H27N5O5/c1-16(2)31-25-20(14-28-31)19(26(33)30(3)15-24(32)27-13-18-5-4-8-34-18)12-21(29-25)17-6-7-22-23(11-17)36-10-9-35-22/h4-8,11-12,14,16H,9-10,13,15H2,1-3H3,(H,27,32). The molecule has 0 radical (unpaired) electrons. The zero-order valence-corrected chi connectivity index (χ0v) is 20.4.